The van der Waals surface area contributed by atoms with Crippen LogP contribution in [0.1, 0.15) is 0 Å². The predicted octanol–water partition coefficient (Wildman–Crippen LogP) is 4.06. The Morgan fingerprint density at radius 3 is 2.00 bits per heavy atom. The summed E-state index contributed by atoms with van der Waals surface area (Å²) in [4.78, 5) is 0. The van der Waals surface area contributed by atoms with Gasteiger partial charge in [-0.3, -0.25) is 0 Å². The van der Waals surface area contributed by atoms with Gasteiger partial charge in [0.05, 0.1) is 0 Å². The Balaban J connectivity index is 1.99. The molecule has 4 nitrogen and oxygen atoms in total. The van der Waals surface area contributed by atoms with Crippen LogP contribution in [0.5, 0.6) is 5.75 Å². The molecule has 0 aliphatic rings. The minimum absolute atomic E-state index is 0.762. The van der Waals surface area contributed by atoms with Crippen molar-refractivity contribution in [1.29, 1.82) is 0 Å². The van der Waals surface area contributed by atoms with Crippen molar-refractivity contribution in [2.45, 2.75) is 0 Å². The van der Waals surface area contributed by atoms with Crippen molar-refractivity contribution in [2.75, 3.05) is 0 Å². The maximum absolute atomic E-state index is 5.59. The van der Waals surface area contributed by atoms with Gasteiger partial charge in [-0.25, -0.2) is 0 Å². The van der Waals surface area contributed by atoms with Gasteiger partial charge in [0.1, 0.15) is 0 Å². The van der Waals surface area contributed by atoms with Gasteiger partial charge in [0.15, 0.2) is 0 Å². The number of para-hydroxylation sites is 2. The zero-order valence-corrected chi connectivity index (χ0v) is 15.8. The van der Waals surface area contributed by atoms with Crippen LogP contribution in [0.25, 0.3) is 28.5 Å². The molecule has 4 aromatic rings. The van der Waals surface area contributed by atoms with Gasteiger partial charge in [0.2, 0.25) is 0 Å². The second-order valence-electron chi connectivity index (χ2n) is 5.50. The van der Waals surface area contributed by atoms with Crippen LogP contribution < -0.4 is 3.53 Å². The van der Waals surface area contributed by atoms with Gasteiger partial charge in [-0.05, 0) is 0 Å². The zero-order chi connectivity index (χ0) is 17.1. The van der Waals surface area contributed by atoms with Gasteiger partial charge in [-0.15, -0.1) is 0 Å². The van der Waals surface area contributed by atoms with Crippen molar-refractivity contribution < 1.29 is 3.53 Å². The van der Waals surface area contributed by atoms with Crippen LogP contribution in [0.3, 0.4) is 0 Å². The van der Waals surface area contributed by atoms with Crippen LogP contribution in [-0.2, 0) is 0 Å². The molecule has 1 heterocycles. The molecule has 0 fully saturated rings. The van der Waals surface area contributed by atoms with Gasteiger partial charge in [0, 0.05) is 0 Å². The van der Waals surface area contributed by atoms with Crippen molar-refractivity contribution in [3.8, 4) is 34.2 Å². The molecule has 0 spiro atoms. The summed E-state index contributed by atoms with van der Waals surface area (Å²) in [5, 5.41) is 8.96. The van der Waals surface area contributed by atoms with Crippen molar-refractivity contribution in [1.82, 2.24) is 14.8 Å². The van der Waals surface area contributed by atoms with E-state index in [1.807, 2.05) is 72.8 Å². The van der Waals surface area contributed by atoms with E-state index in [1.165, 1.54) is 19.0 Å². The SMILES string of the molecule is [Ga][O]c1ccccc1-c1nnc(-c2ccccc2)n1-c1ccccc1. The van der Waals surface area contributed by atoms with Crippen molar-refractivity contribution in [3.63, 3.8) is 0 Å². The van der Waals surface area contributed by atoms with Gasteiger partial charge < -0.3 is 0 Å². The summed E-state index contributed by atoms with van der Waals surface area (Å²) in [6.45, 7) is 0. The van der Waals surface area contributed by atoms with E-state index in [9.17, 15) is 0 Å². The Labute approximate surface area is 156 Å². The van der Waals surface area contributed by atoms with Crippen LogP contribution in [-0.4, -0.2) is 33.7 Å². The van der Waals surface area contributed by atoms with Crippen LogP contribution in [0.2, 0.25) is 0 Å². The molecule has 1 aromatic heterocycles. The number of hydrogen-bond donors (Lipinski definition) is 0. The summed E-state index contributed by atoms with van der Waals surface area (Å²) in [6.07, 6.45) is 0. The predicted molar refractivity (Wildman–Crippen MR) is 98.6 cm³/mol. The first kappa shape index (κ1) is 15.7. The summed E-state index contributed by atoms with van der Waals surface area (Å²) in [5.74, 6) is 2.36. The van der Waals surface area contributed by atoms with E-state index in [4.69, 9.17) is 3.53 Å². The van der Waals surface area contributed by atoms with E-state index < -0.39 is 0 Å². The van der Waals surface area contributed by atoms with Crippen LogP contribution >= 0.6 is 0 Å². The number of nitrogens with zero attached hydrogens (tertiary/aromatic N) is 3. The van der Waals surface area contributed by atoms with E-state index in [-0.39, 0.29) is 0 Å². The first-order valence-electron chi connectivity index (χ1n) is 7.91. The zero-order valence-electron chi connectivity index (χ0n) is 13.4. The van der Waals surface area contributed by atoms with Crippen molar-refractivity contribution >= 4 is 19.0 Å². The molecule has 0 amide bonds. The first-order chi connectivity index (χ1) is 12.4. The number of hydrogen-bond acceptors (Lipinski definition) is 3. The molecule has 3 aromatic carbocycles. The van der Waals surface area contributed by atoms with Crippen LogP contribution in [0.15, 0.2) is 84.9 Å². The maximum atomic E-state index is 5.59. The van der Waals surface area contributed by atoms with Crippen LogP contribution in [0, 0.1) is 0 Å². The summed E-state index contributed by atoms with van der Waals surface area (Å²) in [5.41, 5.74) is 2.95. The number of rotatable bonds is 4. The Bertz CT molecular complexity index is 984. The Morgan fingerprint density at radius 2 is 1.28 bits per heavy atom. The Hall–Kier alpha value is -2.76. The quantitative estimate of drug-likeness (QED) is 0.500. The summed E-state index contributed by atoms with van der Waals surface area (Å²) < 4.78 is 7.66. The number of aromatic nitrogens is 3. The molecular formula is C20H14GaN3O. The third kappa shape index (κ3) is 2.99. The van der Waals surface area contributed by atoms with E-state index in [2.05, 4.69) is 26.9 Å². The average Bonchev–Trinajstić information content (AvgIpc) is 3.14. The Kier molecular flexibility index (Phi) is 4.41. The van der Waals surface area contributed by atoms with Gasteiger partial charge in [-0.1, -0.05) is 0 Å². The minimum atomic E-state index is 0.762. The van der Waals surface area contributed by atoms with E-state index >= 15 is 0 Å². The summed E-state index contributed by atoms with van der Waals surface area (Å²) in [7, 11) is 0. The Morgan fingerprint density at radius 1 is 0.680 bits per heavy atom. The van der Waals surface area contributed by atoms with E-state index in [0.29, 0.717) is 0 Å². The molecule has 0 aliphatic heterocycles. The number of benzene rings is 3. The van der Waals surface area contributed by atoms with E-state index in [0.717, 1.165) is 34.2 Å². The molecule has 25 heavy (non-hydrogen) atoms. The molecule has 0 saturated heterocycles. The molecule has 0 atom stereocenters. The monoisotopic (exact) mass is 381 g/mol. The molecule has 0 unspecified atom stereocenters. The van der Waals surface area contributed by atoms with Gasteiger partial charge in [0.25, 0.3) is 0 Å². The molecule has 0 saturated carbocycles. The second kappa shape index (κ2) is 7.00. The molecule has 4 rings (SSSR count). The molecular weight excluding hydrogens is 368 g/mol. The summed E-state index contributed by atoms with van der Waals surface area (Å²) in [6, 6.07) is 28.1. The summed E-state index contributed by atoms with van der Waals surface area (Å²) >= 11 is 1.20. The third-order valence-corrected chi connectivity index (χ3v) is 4.50. The normalized spacial score (nSPS) is 10.6. The first-order valence-corrected chi connectivity index (χ1v) is 8.90. The molecule has 0 aliphatic carbocycles. The fourth-order valence-electron chi connectivity index (χ4n) is 2.81. The van der Waals surface area contributed by atoms with Crippen molar-refractivity contribution in [2.24, 2.45) is 0 Å². The van der Waals surface area contributed by atoms with Crippen LogP contribution in [0.4, 0.5) is 0 Å². The van der Waals surface area contributed by atoms with Crippen molar-refractivity contribution in [3.05, 3.63) is 84.9 Å². The topological polar surface area (TPSA) is 39.9 Å². The molecule has 0 N–H and O–H groups in total. The third-order valence-electron chi connectivity index (χ3n) is 3.96. The molecule has 0 bridgehead atoms. The molecule has 118 valence electrons. The fourth-order valence-corrected chi connectivity index (χ4v) is 3.24. The fraction of sp³-hybridized carbons (Fsp3) is 0. The standard InChI is InChI=1S/C20H15N3O.Ga/c24-18-14-8-7-13-17(18)20-22-21-19(15-9-3-1-4-10-15)23(20)16-11-5-2-6-12-16;/h1-14,24H;/q;+1/p-1. The van der Waals surface area contributed by atoms with Gasteiger partial charge in [-0.2, -0.15) is 0 Å². The second-order valence-corrected chi connectivity index (χ2v) is 5.99. The van der Waals surface area contributed by atoms with E-state index in [1.54, 1.807) is 0 Å². The molecule has 5 heteroatoms. The molecule has 2 radical (unpaired) electrons. The average molecular weight is 382 g/mol. The van der Waals surface area contributed by atoms with Gasteiger partial charge >= 0.3 is 156 Å².